The summed E-state index contributed by atoms with van der Waals surface area (Å²) in [5.41, 5.74) is 2.21. The van der Waals surface area contributed by atoms with Crippen LogP contribution in [0, 0.1) is 5.92 Å². The molecule has 1 amide bonds. The first kappa shape index (κ1) is 17.5. The van der Waals surface area contributed by atoms with Crippen LogP contribution in [0.4, 0.5) is 5.82 Å². The lowest BCUT2D eigenvalue weighted by molar-refractivity contribution is -0.125. The van der Waals surface area contributed by atoms with Gasteiger partial charge in [-0.1, -0.05) is 28.1 Å². The summed E-state index contributed by atoms with van der Waals surface area (Å²) in [5.74, 6) is 1.64. The van der Waals surface area contributed by atoms with E-state index in [4.69, 9.17) is 0 Å². The van der Waals surface area contributed by atoms with E-state index in [-0.39, 0.29) is 11.8 Å². The van der Waals surface area contributed by atoms with Gasteiger partial charge in [0.1, 0.15) is 0 Å². The highest BCUT2D eigenvalue weighted by Crippen LogP contribution is 2.38. The number of carbonyl (C=O) groups is 1. The number of rotatable bonds is 5. The molecule has 1 aliphatic heterocycles. The van der Waals surface area contributed by atoms with Gasteiger partial charge in [-0.25, -0.2) is 0 Å². The van der Waals surface area contributed by atoms with Crippen LogP contribution >= 0.6 is 15.9 Å². The molecule has 1 aromatic carbocycles. The Morgan fingerprint density at radius 2 is 1.92 bits per heavy atom. The summed E-state index contributed by atoms with van der Waals surface area (Å²) < 4.78 is 1.05. The quantitative estimate of drug-likeness (QED) is 0.810. The van der Waals surface area contributed by atoms with Crippen molar-refractivity contribution in [3.8, 4) is 0 Å². The molecule has 1 atom stereocenters. The maximum absolute atomic E-state index is 12.6. The van der Waals surface area contributed by atoms with E-state index in [9.17, 15) is 4.79 Å². The van der Waals surface area contributed by atoms with Crippen molar-refractivity contribution in [1.29, 1.82) is 0 Å². The van der Waals surface area contributed by atoms with Gasteiger partial charge in [0.2, 0.25) is 5.91 Å². The molecular formula is C20H23BrN4O. The Bertz CT molecular complexity index is 758. The van der Waals surface area contributed by atoms with Gasteiger partial charge in [-0.2, -0.15) is 5.10 Å². The minimum Gasteiger partial charge on any atom is -0.354 e. The van der Waals surface area contributed by atoms with Gasteiger partial charge in [-0.3, -0.25) is 4.79 Å². The van der Waals surface area contributed by atoms with Crippen LogP contribution < -0.4 is 10.2 Å². The van der Waals surface area contributed by atoms with Gasteiger partial charge in [0.15, 0.2) is 5.82 Å². The smallest absolute Gasteiger partial charge is 0.225 e. The zero-order valence-corrected chi connectivity index (χ0v) is 16.3. The van der Waals surface area contributed by atoms with Crippen molar-refractivity contribution in [3.05, 3.63) is 52.1 Å². The van der Waals surface area contributed by atoms with E-state index < -0.39 is 0 Å². The molecule has 0 radical (unpaired) electrons. The molecule has 26 heavy (non-hydrogen) atoms. The van der Waals surface area contributed by atoms with Gasteiger partial charge >= 0.3 is 0 Å². The number of piperidine rings is 1. The zero-order chi connectivity index (χ0) is 17.9. The minimum atomic E-state index is 0.00380. The Labute approximate surface area is 162 Å². The molecule has 4 rings (SSSR count). The van der Waals surface area contributed by atoms with E-state index >= 15 is 0 Å². The molecule has 2 aromatic rings. The molecule has 1 saturated heterocycles. The third kappa shape index (κ3) is 4.23. The second-order valence-electron chi connectivity index (χ2n) is 7.22. The number of amides is 1. The molecular weight excluding hydrogens is 392 g/mol. The molecule has 0 unspecified atom stereocenters. The van der Waals surface area contributed by atoms with E-state index in [1.165, 1.54) is 12.8 Å². The minimum absolute atomic E-state index is 0.00380. The van der Waals surface area contributed by atoms with E-state index in [0.717, 1.165) is 40.9 Å². The predicted molar refractivity (Wildman–Crippen MR) is 105 cm³/mol. The van der Waals surface area contributed by atoms with Gasteiger partial charge in [0.05, 0.1) is 11.6 Å². The molecule has 6 heteroatoms. The van der Waals surface area contributed by atoms with Crippen molar-refractivity contribution in [2.45, 2.75) is 38.1 Å². The predicted octanol–water partition coefficient (Wildman–Crippen LogP) is 3.65. The Kier molecular flexibility index (Phi) is 5.20. The number of hydrogen-bond donors (Lipinski definition) is 1. The highest BCUT2D eigenvalue weighted by molar-refractivity contribution is 9.10. The summed E-state index contributed by atoms with van der Waals surface area (Å²) in [6.45, 7) is 2.22. The fourth-order valence-corrected chi connectivity index (χ4v) is 3.70. The lowest BCUT2D eigenvalue weighted by Gasteiger charge is -2.32. The largest absolute Gasteiger partial charge is 0.354 e. The lowest BCUT2D eigenvalue weighted by Crippen LogP contribution is -2.43. The summed E-state index contributed by atoms with van der Waals surface area (Å²) in [7, 11) is 0. The maximum Gasteiger partial charge on any atom is 0.225 e. The SMILES string of the molecule is O=C(NCc1ccc(Br)cc1)[C@H]1CCCN(c2ccc(C3CC3)nn2)C1. The summed E-state index contributed by atoms with van der Waals surface area (Å²) in [6, 6.07) is 12.2. The first-order valence-electron chi connectivity index (χ1n) is 9.30. The summed E-state index contributed by atoms with van der Waals surface area (Å²) in [4.78, 5) is 14.8. The number of carbonyl (C=O) groups excluding carboxylic acids is 1. The second-order valence-corrected chi connectivity index (χ2v) is 8.14. The fourth-order valence-electron chi connectivity index (χ4n) is 3.44. The molecule has 0 spiro atoms. The van der Waals surface area contributed by atoms with Crippen LogP contribution in [0.5, 0.6) is 0 Å². The Morgan fingerprint density at radius 3 is 2.62 bits per heavy atom. The molecule has 2 heterocycles. The van der Waals surface area contributed by atoms with Gasteiger partial charge < -0.3 is 10.2 Å². The van der Waals surface area contributed by atoms with Crippen molar-refractivity contribution in [2.24, 2.45) is 5.92 Å². The van der Waals surface area contributed by atoms with Crippen molar-refractivity contribution in [3.63, 3.8) is 0 Å². The molecule has 1 N–H and O–H groups in total. The van der Waals surface area contributed by atoms with Crippen LogP contribution in [0.2, 0.25) is 0 Å². The molecule has 2 fully saturated rings. The van der Waals surface area contributed by atoms with Crippen LogP contribution in [0.3, 0.4) is 0 Å². The number of nitrogens with zero attached hydrogens (tertiary/aromatic N) is 3. The van der Waals surface area contributed by atoms with Crippen molar-refractivity contribution in [1.82, 2.24) is 15.5 Å². The Balaban J connectivity index is 1.33. The molecule has 2 aliphatic rings. The third-order valence-electron chi connectivity index (χ3n) is 5.16. The number of hydrogen-bond acceptors (Lipinski definition) is 4. The van der Waals surface area contributed by atoms with E-state index in [2.05, 4.69) is 48.5 Å². The van der Waals surface area contributed by atoms with Crippen molar-refractivity contribution < 1.29 is 4.79 Å². The van der Waals surface area contributed by atoms with E-state index in [1.54, 1.807) is 0 Å². The van der Waals surface area contributed by atoms with Crippen LogP contribution in [0.1, 0.15) is 42.9 Å². The number of nitrogens with one attached hydrogen (secondary N) is 1. The number of halogens is 1. The van der Waals surface area contributed by atoms with Gasteiger partial charge in [0.25, 0.3) is 0 Å². The van der Waals surface area contributed by atoms with Crippen LogP contribution in [-0.2, 0) is 11.3 Å². The number of benzene rings is 1. The normalized spacial score (nSPS) is 20.0. The summed E-state index contributed by atoms with van der Waals surface area (Å²) in [5, 5.41) is 11.8. The average Bonchev–Trinajstić information content (AvgIpc) is 3.53. The first-order valence-corrected chi connectivity index (χ1v) is 10.1. The molecule has 5 nitrogen and oxygen atoms in total. The topological polar surface area (TPSA) is 58.1 Å². The third-order valence-corrected chi connectivity index (χ3v) is 5.69. The van der Waals surface area contributed by atoms with Crippen LogP contribution in [-0.4, -0.2) is 29.2 Å². The van der Waals surface area contributed by atoms with Crippen LogP contribution in [0.15, 0.2) is 40.9 Å². The van der Waals surface area contributed by atoms with E-state index in [0.29, 0.717) is 19.0 Å². The molecule has 1 aliphatic carbocycles. The summed E-state index contributed by atoms with van der Waals surface area (Å²) in [6.07, 6.45) is 4.40. The molecule has 0 bridgehead atoms. The second kappa shape index (κ2) is 7.74. The highest BCUT2D eigenvalue weighted by atomic mass is 79.9. The first-order chi connectivity index (χ1) is 12.7. The highest BCUT2D eigenvalue weighted by Gasteiger charge is 2.28. The van der Waals surface area contributed by atoms with E-state index in [1.807, 2.05) is 24.3 Å². The fraction of sp³-hybridized carbons (Fsp3) is 0.450. The van der Waals surface area contributed by atoms with Crippen molar-refractivity contribution in [2.75, 3.05) is 18.0 Å². The molecule has 136 valence electrons. The Morgan fingerprint density at radius 1 is 1.12 bits per heavy atom. The monoisotopic (exact) mass is 414 g/mol. The van der Waals surface area contributed by atoms with Crippen LogP contribution in [0.25, 0.3) is 0 Å². The summed E-state index contributed by atoms with van der Waals surface area (Å²) >= 11 is 3.43. The van der Waals surface area contributed by atoms with Gasteiger partial charge in [0, 0.05) is 30.0 Å². The lowest BCUT2D eigenvalue weighted by atomic mass is 9.97. The Hall–Kier alpha value is -1.95. The average molecular weight is 415 g/mol. The van der Waals surface area contributed by atoms with Gasteiger partial charge in [-0.05, 0) is 55.5 Å². The number of aromatic nitrogens is 2. The van der Waals surface area contributed by atoms with Crippen molar-refractivity contribution >= 4 is 27.7 Å². The number of anilines is 1. The maximum atomic E-state index is 12.6. The molecule has 1 aromatic heterocycles. The van der Waals surface area contributed by atoms with Gasteiger partial charge in [-0.15, -0.1) is 5.10 Å². The standard InChI is InChI=1S/C20H23BrN4O/c21-17-7-3-14(4-8-17)12-22-20(26)16-2-1-11-25(13-16)19-10-9-18(23-24-19)15-5-6-15/h3-4,7-10,15-16H,1-2,5-6,11-13H2,(H,22,26)/t16-/m0/s1. The molecule has 1 saturated carbocycles. The zero-order valence-electron chi connectivity index (χ0n) is 14.7.